The summed E-state index contributed by atoms with van der Waals surface area (Å²) in [5.41, 5.74) is 0.484. The van der Waals surface area contributed by atoms with Gasteiger partial charge in [0.05, 0.1) is 0 Å². The minimum absolute atomic E-state index is 0.0826. The summed E-state index contributed by atoms with van der Waals surface area (Å²) in [6.07, 6.45) is 2.48. The van der Waals surface area contributed by atoms with E-state index in [1.165, 1.54) is 12.8 Å². The van der Waals surface area contributed by atoms with E-state index >= 15 is 0 Å². The largest absolute Gasteiger partial charge is 0.459 e. The summed E-state index contributed by atoms with van der Waals surface area (Å²) in [5.74, 6) is 0.350. The third kappa shape index (κ3) is 2.37. The standard InChI is InChI=1S/C9H14O2/c1-6(2)9(10)11-7(3)8-4-5-8/h7-8H,1,4-5H2,2-3H3. The first kappa shape index (κ1) is 8.31. The lowest BCUT2D eigenvalue weighted by Crippen LogP contribution is -2.16. The fraction of sp³-hybridized carbons (Fsp3) is 0.667. The lowest BCUT2D eigenvalue weighted by molar-refractivity contribution is -0.144. The first-order chi connectivity index (χ1) is 5.11. The molecular formula is C9H14O2. The van der Waals surface area contributed by atoms with Gasteiger partial charge in [0.25, 0.3) is 0 Å². The topological polar surface area (TPSA) is 26.3 Å². The molecule has 0 amide bonds. The highest BCUT2D eigenvalue weighted by Gasteiger charge is 2.30. The van der Waals surface area contributed by atoms with Crippen molar-refractivity contribution in [2.45, 2.75) is 32.8 Å². The Kier molecular flexibility index (Phi) is 2.32. The van der Waals surface area contributed by atoms with Crippen molar-refractivity contribution >= 4 is 5.97 Å². The van der Waals surface area contributed by atoms with Crippen LogP contribution in [0.25, 0.3) is 0 Å². The monoisotopic (exact) mass is 154 g/mol. The highest BCUT2D eigenvalue weighted by Crippen LogP contribution is 2.34. The van der Waals surface area contributed by atoms with Crippen molar-refractivity contribution in [2.24, 2.45) is 5.92 Å². The highest BCUT2D eigenvalue weighted by atomic mass is 16.5. The average Bonchev–Trinajstić information content (AvgIpc) is 2.67. The summed E-state index contributed by atoms with van der Waals surface area (Å²) >= 11 is 0. The van der Waals surface area contributed by atoms with Gasteiger partial charge in [0, 0.05) is 5.57 Å². The predicted octanol–water partition coefficient (Wildman–Crippen LogP) is 1.90. The lowest BCUT2D eigenvalue weighted by atomic mass is 10.2. The number of rotatable bonds is 3. The summed E-state index contributed by atoms with van der Waals surface area (Å²) in [7, 11) is 0. The van der Waals surface area contributed by atoms with Gasteiger partial charge >= 0.3 is 5.97 Å². The van der Waals surface area contributed by atoms with E-state index in [4.69, 9.17) is 4.74 Å². The van der Waals surface area contributed by atoms with Crippen LogP contribution in [-0.4, -0.2) is 12.1 Å². The molecule has 0 aliphatic heterocycles. The second-order valence-electron chi connectivity index (χ2n) is 3.23. The Morgan fingerprint density at radius 2 is 2.18 bits per heavy atom. The first-order valence-corrected chi connectivity index (χ1v) is 3.97. The van der Waals surface area contributed by atoms with Gasteiger partial charge in [-0.15, -0.1) is 0 Å². The molecule has 0 bridgehead atoms. The number of esters is 1. The normalized spacial score (nSPS) is 19.1. The van der Waals surface area contributed by atoms with Crippen LogP contribution in [0.3, 0.4) is 0 Å². The molecular weight excluding hydrogens is 140 g/mol. The van der Waals surface area contributed by atoms with E-state index in [0.717, 1.165) is 0 Å². The van der Waals surface area contributed by atoms with Gasteiger partial charge in [-0.25, -0.2) is 4.79 Å². The van der Waals surface area contributed by atoms with Crippen molar-refractivity contribution in [3.63, 3.8) is 0 Å². The molecule has 1 atom stereocenters. The molecule has 0 saturated heterocycles. The van der Waals surface area contributed by atoms with Gasteiger partial charge < -0.3 is 4.74 Å². The Balaban J connectivity index is 2.28. The van der Waals surface area contributed by atoms with Crippen molar-refractivity contribution in [1.82, 2.24) is 0 Å². The predicted molar refractivity (Wildman–Crippen MR) is 43.1 cm³/mol. The summed E-state index contributed by atoms with van der Waals surface area (Å²) in [4.78, 5) is 11.0. The van der Waals surface area contributed by atoms with Gasteiger partial charge in [-0.2, -0.15) is 0 Å². The molecule has 1 rings (SSSR count). The molecule has 1 fully saturated rings. The molecule has 1 aliphatic rings. The zero-order valence-corrected chi connectivity index (χ0v) is 7.09. The van der Waals surface area contributed by atoms with Crippen molar-refractivity contribution < 1.29 is 9.53 Å². The van der Waals surface area contributed by atoms with Gasteiger partial charge in [0.2, 0.25) is 0 Å². The lowest BCUT2D eigenvalue weighted by Gasteiger charge is -2.11. The zero-order chi connectivity index (χ0) is 8.43. The second kappa shape index (κ2) is 3.07. The van der Waals surface area contributed by atoms with E-state index in [1.54, 1.807) is 6.92 Å². The van der Waals surface area contributed by atoms with Crippen molar-refractivity contribution in [3.05, 3.63) is 12.2 Å². The van der Waals surface area contributed by atoms with Crippen LogP contribution in [0.15, 0.2) is 12.2 Å². The van der Waals surface area contributed by atoms with E-state index in [0.29, 0.717) is 11.5 Å². The Morgan fingerprint density at radius 3 is 2.55 bits per heavy atom. The molecule has 0 radical (unpaired) electrons. The molecule has 0 aromatic rings. The van der Waals surface area contributed by atoms with Gasteiger partial charge in [-0.3, -0.25) is 0 Å². The van der Waals surface area contributed by atoms with E-state index in [1.807, 2.05) is 6.92 Å². The van der Waals surface area contributed by atoms with Gasteiger partial charge in [0.1, 0.15) is 6.10 Å². The summed E-state index contributed by atoms with van der Waals surface area (Å²) < 4.78 is 5.10. The fourth-order valence-electron chi connectivity index (χ4n) is 0.931. The van der Waals surface area contributed by atoms with Crippen LogP contribution in [-0.2, 0) is 9.53 Å². The number of carbonyl (C=O) groups is 1. The maximum atomic E-state index is 11.0. The molecule has 0 aromatic heterocycles. The van der Waals surface area contributed by atoms with E-state index < -0.39 is 0 Å². The van der Waals surface area contributed by atoms with E-state index in [-0.39, 0.29) is 12.1 Å². The maximum absolute atomic E-state index is 11.0. The fourth-order valence-corrected chi connectivity index (χ4v) is 0.931. The van der Waals surface area contributed by atoms with Crippen LogP contribution in [0.4, 0.5) is 0 Å². The highest BCUT2D eigenvalue weighted by molar-refractivity contribution is 5.87. The summed E-state index contributed by atoms with van der Waals surface area (Å²) in [5, 5.41) is 0. The summed E-state index contributed by atoms with van der Waals surface area (Å²) in [6.45, 7) is 7.12. The molecule has 0 spiro atoms. The number of hydrogen-bond donors (Lipinski definition) is 0. The molecule has 0 N–H and O–H groups in total. The molecule has 2 nitrogen and oxygen atoms in total. The Morgan fingerprint density at radius 1 is 1.64 bits per heavy atom. The maximum Gasteiger partial charge on any atom is 0.333 e. The Bertz CT molecular complexity index is 180. The Labute approximate surface area is 67.2 Å². The molecule has 1 saturated carbocycles. The minimum atomic E-state index is -0.260. The van der Waals surface area contributed by atoms with Crippen LogP contribution >= 0.6 is 0 Å². The third-order valence-electron chi connectivity index (χ3n) is 1.93. The van der Waals surface area contributed by atoms with Crippen LogP contribution in [0.1, 0.15) is 26.7 Å². The second-order valence-corrected chi connectivity index (χ2v) is 3.23. The van der Waals surface area contributed by atoms with Crippen LogP contribution in [0.2, 0.25) is 0 Å². The third-order valence-corrected chi connectivity index (χ3v) is 1.93. The van der Waals surface area contributed by atoms with Crippen LogP contribution in [0, 0.1) is 5.92 Å². The average molecular weight is 154 g/mol. The summed E-state index contributed by atoms with van der Waals surface area (Å²) in [6, 6.07) is 0. The van der Waals surface area contributed by atoms with Crippen LogP contribution in [0.5, 0.6) is 0 Å². The molecule has 0 heterocycles. The SMILES string of the molecule is C=C(C)C(=O)OC(C)C1CC1. The number of carbonyl (C=O) groups excluding carboxylic acids is 1. The zero-order valence-electron chi connectivity index (χ0n) is 7.09. The Hall–Kier alpha value is -0.790. The molecule has 11 heavy (non-hydrogen) atoms. The van der Waals surface area contributed by atoms with Gasteiger partial charge in [-0.1, -0.05) is 6.58 Å². The molecule has 1 aliphatic carbocycles. The molecule has 2 heteroatoms. The smallest absolute Gasteiger partial charge is 0.333 e. The van der Waals surface area contributed by atoms with Crippen LogP contribution < -0.4 is 0 Å². The van der Waals surface area contributed by atoms with Crippen molar-refractivity contribution in [3.8, 4) is 0 Å². The molecule has 62 valence electrons. The molecule has 0 aromatic carbocycles. The molecule has 1 unspecified atom stereocenters. The van der Waals surface area contributed by atoms with E-state index in [9.17, 15) is 4.79 Å². The van der Waals surface area contributed by atoms with Gasteiger partial charge in [0.15, 0.2) is 0 Å². The first-order valence-electron chi connectivity index (χ1n) is 3.97. The minimum Gasteiger partial charge on any atom is -0.459 e. The van der Waals surface area contributed by atoms with E-state index in [2.05, 4.69) is 6.58 Å². The number of hydrogen-bond acceptors (Lipinski definition) is 2. The van der Waals surface area contributed by atoms with Crippen molar-refractivity contribution in [2.75, 3.05) is 0 Å². The van der Waals surface area contributed by atoms with Gasteiger partial charge in [-0.05, 0) is 32.6 Å². The van der Waals surface area contributed by atoms with Crippen molar-refractivity contribution in [1.29, 1.82) is 0 Å². The quantitative estimate of drug-likeness (QED) is 0.458. The number of ether oxygens (including phenoxy) is 1.